The summed E-state index contributed by atoms with van der Waals surface area (Å²) in [5, 5.41) is 19.3. The summed E-state index contributed by atoms with van der Waals surface area (Å²) in [5.74, 6) is -0.717. The lowest BCUT2D eigenvalue weighted by molar-refractivity contribution is 0.474. The Kier molecular flexibility index (Phi) is 2.19. The van der Waals surface area contributed by atoms with Crippen molar-refractivity contribution in [1.82, 2.24) is 0 Å². The lowest BCUT2D eigenvalue weighted by Crippen LogP contribution is -1.91. The number of phenolic OH excluding ortho intramolecular Hbond substituents is 2. The van der Waals surface area contributed by atoms with Crippen molar-refractivity contribution in [2.24, 2.45) is 0 Å². The van der Waals surface area contributed by atoms with E-state index in [1.807, 2.05) is 0 Å². The van der Waals surface area contributed by atoms with Gasteiger partial charge in [0.25, 0.3) is 0 Å². The molecule has 0 spiro atoms. The third kappa shape index (κ3) is 3.02. The minimum Gasteiger partial charge on any atom is -0.508 e. The number of aromatic hydroxyl groups is 2. The maximum Gasteiger partial charge on any atom is 0.115 e. The molecule has 104 valence electrons. The molecule has 0 aliphatic heterocycles. The minimum atomic E-state index is -2.25. The molecule has 0 aromatic heterocycles. The van der Waals surface area contributed by atoms with Gasteiger partial charge in [-0.15, -0.1) is 0 Å². The third-order valence-electron chi connectivity index (χ3n) is 2.71. The highest BCUT2D eigenvalue weighted by molar-refractivity contribution is 5.90. The third-order valence-corrected chi connectivity index (χ3v) is 2.71. The second kappa shape index (κ2) is 6.29. The standard InChI is InChI=1S/C18H20O2/c1-3-17(13-5-9-15(19)10-6-13)18(4-2)14-7-11-16(20)12-8-14/h5-12,19-20H,3-4H2,1-2H3/b18-17+/i3D2,4D2,5D,6D,7D,8D. The van der Waals surface area contributed by atoms with Crippen molar-refractivity contribution in [3.05, 3.63) is 59.6 Å². The first-order valence-corrected chi connectivity index (χ1v) is 6.01. The number of benzene rings is 2. The number of allylic oxidation sites excluding steroid dienone is 2. The normalized spacial score (nSPS) is 19.3. The van der Waals surface area contributed by atoms with E-state index in [1.54, 1.807) is 0 Å². The molecule has 0 aliphatic carbocycles. The second-order valence-electron chi connectivity index (χ2n) is 4.00. The van der Waals surface area contributed by atoms with Crippen LogP contribution in [-0.4, -0.2) is 10.2 Å². The highest BCUT2D eigenvalue weighted by Gasteiger charge is 2.09. The summed E-state index contributed by atoms with van der Waals surface area (Å²) in [7, 11) is 0. The fourth-order valence-electron chi connectivity index (χ4n) is 1.79. The van der Waals surface area contributed by atoms with E-state index in [9.17, 15) is 10.2 Å². The highest BCUT2D eigenvalue weighted by atomic mass is 16.3. The van der Waals surface area contributed by atoms with Crippen LogP contribution in [0, 0.1) is 0 Å². The monoisotopic (exact) mass is 276 g/mol. The van der Waals surface area contributed by atoms with E-state index in [-0.39, 0.29) is 57.9 Å². The molecule has 2 N–H and O–H groups in total. The minimum absolute atomic E-state index is 0.238. The fraction of sp³-hybridized carbons (Fsp3) is 0.222. The summed E-state index contributed by atoms with van der Waals surface area (Å²) in [6.45, 7) is 2.26. The van der Waals surface area contributed by atoms with Gasteiger partial charge in [0, 0.05) is 5.48 Å². The summed E-state index contributed by atoms with van der Waals surface area (Å²) in [5.41, 5.74) is -1.19. The maximum atomic E-state index is 9.63. The van der Waals surface area contributed by atoms with Gasteiger partial charge >= 0.3 is 0 Å². The second-order valence-corrected chi connectivity index (χ2v) is 4.00. The van der Waals surface area contributed by atoms with E-state index < -0.39 is 12.7 Å². The summed E-state index contributed by atoms with van der Waals surface area (Å²) >= 11 is 0. The largest absolute Gasteiger partial charge is 0.508 e. The van der Waals surface area contributed by atoms with E-state index in [4.69, 9.17) is 11.0 Å². The van der Waals surface area contributed by atoms with Crippen molar-refractivity contribution in [3.8, 4) is 11.5 Å². The summed E-state index contributed by atoms with van der Waals surface area (Å²) < 4.78 is 65.5. The Hall–Kier alpha value is -2.22. The molecular formula is C18H20O2. The van der Waals surface area contributed by atoms with Crippen LogP contribution >= 0.6 is 0 Å². The van der Waals surface area contributed by atoms with Crippen molar-refractivity contribution in [3.63, 3.8) is 0 Å². The van der Waals surface area contributed by atoms with Gasteiger partial charge in [0.05, 0.1) is 5.48 Å². The smallest absolute Gasteiger partial charge is 0.115 e. The summed E-state index contributed by atoms with van der Waals surface area (Å²) in [6.07, 6.45) is -4.50. The molecule has 0 aliphatic rings. The van der Waals surface area contributed by atoms with Crippen LogP contribution in [-0.2, 0) is 0 Å². The van der Waals surface area contributed by atoms with Crippen molar-refractivity contribution in [1.29, 1.82) is 0 Å². The summed E-state index contributed by atoms with van der Waals surface area (Å²) in [6, 6.07) is 2.52. The van der Waals surface area contributed by atoms with Gasteiger partial charge in [-0.3, -0.25) is 0 Å². The molecule has 0 unspecified atom stereocenters. The number of rotatable bonds is 4. The molecule has 0 saturated carbocycles. The van der Waals surface area contributed by atoms with Crippen LogP contribution in [0.4, 0.5) is 0 Å². The van der Waals surface area contributed by atoms with Crippen molar-refractivity contribution in [2.45, 2.75) is 26.6 Å². The first kappa shape index (κ1) is 6.98. The van der Waals surface area contributed by atoms with Gasteiger partial charge in [0.15, 0.2) is 0 Å². The predicted octanol–water partition coefficient (Wildman–Crippen LogP) is 4.83. The molecule has 0 atom stereocenters. The Balaban J connectivity index is 3.13. The molecule has 2 rings (SSSR count). The Bertz CT molecular complexity index is 832. The Labute approximate surface area is 131 Å². The van der Waals surface area contributed by atoms with Crippen LogP contribution in [0.15, 0.2) is 48.4 Å². The quantitative estimate of drug-likeness (QED) is 0.785. The van der Waals surface area contributed by atoms with Crippen molar-refractivity contribution in [2.75, 3.05) is 0 Å². The Morgan fingerprint density at radius 1 is 0.850 bits per heavy atom. The molecule has 20 heavy (non-hydrogen) atoms. The van der Waals surface area contributed by atoms with Crippen molar-refractivity contribution >= 4 is 11.1 Å². The topological polar surface area (TPSA) is 40.5 Å². The Morgan fingerprint density at radius 3 is 1.40 bits per heavy atom. The maximum absolute atomic E-state index is 9.63. The molecule has 0 saturated heterocycles. The molecule has 0 amide bonds. The molecule has 0 heterocycles. The zero-order valence-electron chi connectivity index (χ0n) is 19.2. The van der Waals surface area contributed by atoms with Gasteiger partial charge in [-0.05, 0) is 59.3 Å². The molecule has 2 nitrogen and oxygen atoms in total. The van der Waals surface area contributed by atoms with Crippen LogP contribution in [0.5, 0.6) is 11.5 Å². The van der Waals surface area contributed by atoms with Gasteiger partial charge in [-0.2, -0.15) is 0 Å². The van der Waals surface area contributed by atoms with E-state index in [2.05, 4.69) is 0 Å². The molecular weight excluding hydrogens is 248 g/mol. The van der Waals surface area contributed by atoms with Gasteiger partial charge < -0.3 is 10.2 Å². The molecule has 0 radical (unpaired) electrons. The lowest BCUT2D eigenvalue weighted by atomic mass is 9.91. The lowest BCUT2D eigenvalue weighted by Gasteiger charge is -2.14. The van der Waals surface area contributed by atoms with E-state index >= 15 is 0 Å². The number of hydrogen-bond donors (Lipinski definition) is 2. The molecule has 0 fully saturated rings. The first-order chi connectivity index (χ1) is 12.6. The average Bonchev–Trinajstić information content (AvgIpc) is 2.44. The number of phenols is 2. The Morgan fingerprint density at radius 2 is 1.15 bits per heavy atom. The fourth-order valence-corrected chi connectivity index (χ4v) is 1.79. The van der Waals surface area contributed by atoms with Crippen LogP contribution in [0.3, 0.4) is 0 Å². The molecule has 2 aromatic carbocycles. The molecule has 2 heteroatoms. The summed E-state index contributed by atoms with van der Waals surface area (Å²) in [4.78, 5) is 0. The zero-order valence-corrected chi connectivity index (χ0v) is 11.2. The van der Waals surface area contributed by atoms with Gasteiger partial charge in [-0.1, -0.05) is 38.0 Å². The van der Waals surface area contributed by atoms with Crippen LogP contribution < -0.4 is 0 Å². The predicted molar refractivity (Wildman–Crippen MR) is 83.6 cm³/mol. The van der Waals surface area contributed by atoms with E-state index in [0.29, 0.717) is 0 Å². The average molecular weight is 276 g/mol. The van der Waals surface area contributed by atoms with Gasteiger partial charge in [0.2, 0.25) is 0 Å². The van der Waals surface area contributed by atoms with Crippen LogP contribution in [0.1, 0.15) is 48.7 Å². The number of hydrogen-bond acceptors (Lipinski definition) is 2. The molecule has 0 bridgehead atoms. The van der Waals surface area contributed by atoms with E-state index in [1.165, 1.54) is 0 Å². The van der Waals surface area contributed by atoms with Crippen LogP contribution in [0.2, 0.25) is 0 Å². The van der Waals surface area contributed by atoms with E-state index in [0.717, 1.165) is 38.1 Å². The zero-order chi connectivity index (χ0) is 21.6. The molecule has 2 aromatic rings. The highest BCUT2D eigenvalue weighted by Crippen LogP contribution is 2.32. The van der Waals surface area contributed by atoms with Gasteiger partial charge in [0.1, 0.15) is 11.5 Å². The van der Waals surface area contributed by atoms with Gasteiger partial charge in [-0.25, -0.2) is 0 Å². The van der Waals surface area contributed by atoms with Crippen molar-refractivity contribution < 1.29 is 21.2 Å². The first-order valence-electron chi connectivity index (χ1n) is 10.0. The van der Waals surface area contributed by atoms with Crippen LogP contribution in [0.25, 0.3) is 11.1 Å². The SMILES string of the molecule is [2H]c1cc(O)cc([2H])c1/C(=C(/c1c([2H])cc(O)cc1[2H])C([2H])([2H])C)C([2H])([2H])C.